The maximum atomic E-state index is 5.81. The van der Waals surface area contributed by atoms with E-state index >= 15 is 0 Å². The number of nitrogens with zero attached hydrogens (tertiary/aromatic N) is 2. The Labute approximate surface area is 93.5 Å². The summed E-state index contributed by atoms with van der Waals surface area (Å²) in [6.07, 6.45) is 1.63. The molecular formula is C11H12ClN3. The highest BCUT2D eigenvalue weighted by atomic mass is 35.5. The van der Waals surface area contributed by atoms with Crippen molar-refractivity contribution in [3.05, 3.63) is 46.5 Å². The van der Waals surface area contributed by atoms with Crippen LogP contribution in [0.2, 0.25) is 5.02 Å². The Morgan fingerprint density at radius 1 is 1.27 bits per heavy atom. The number of aromatic amines is 1. The molecule has 0 saturated carbocycles. The molecule has 0 aliphatic carbocycles. The van der Waals surface area contributed by atoms with Crippen molar-refractivity contribution in [1.82, 2.24) is 15.2 Å². The number of hydrogen-bond acceptors (Lipinski definition) is 2. The molecule has 0 spiro atoms. The van der Waals surface area contributed by atoms with Crippen LogP contribution in [-0.4, -0.2) is 15.2 Å². The minimum absolute atomic E-state index is 0.755. The van der Waals surface area contributed by atoms with Crippen molar-refractivity contribution in [2.45, 2.75) is 19.8 Å². The van der Waals surface area contributed by atoms with E-state index in [1.165, 1.54) is 5.56 Å². The molecule has 0 fully saturated rings. The van der Waals surface area contributed by atoms with Gasteiger partial charge in [0.15, 0.2) is 0 Å². The van der Waals surface area contributed by atoms with Gasteiger partial charge in [0.1, 0.15) is 11.6 Å². The fraction of sp³-hybridized carbons (Fsp3) is 0.273. The number of halogens is 1. The monoisotopic (exact) mass is 221 g/mol. The largest absolute Gasteiger partial charge is 0.263 e. The molecule has 2 aromatic rings. The van der Waals surface area contributed by atoms with Crippen LogP contribution in [0.25, 0.3) is 0 Å². The van der Waals surface area contributed by atoms with Gasteiger partial charge < -0.3 is 0 Å². The number of aromatic nitrogens is 3. The van der Waals surface area contributed by atoms with Crippen molar-refractivity contribution in [3.63, 3.8) is 0 Å². The molecule has 0 bridgehead atoms. The number of aryl methyl sites for hydroxylation is 1. The summed E-state index contributed by atoms with van der Waals surface area (Å²) in [5.41, 5.74) is 1.18. The fourth-order valence-electron chi connectivity index (χ4n) is 1.37. The van der Waals surface area contributed by atoms with Crippen molar-refractivity contribution in [2.75, 3.05) is 0 Å². The Kier molecular flexibility index (Phi) is 3.02. The van der Waals surface area contributed by atoms with Crippen molar-refractivity contribution in [1.29, 1.82) is 0 Å². The van der Waals surface area contributed by atoms with Crippen LogP contribution in [0.5, 0.6) is 0 Å². The van der Waals surface area contributed by atoms with Crippen LogP contribution < -0.4 is 0 Å². The van der Waals surface area contributed by atoms with E-state index < -0.39 is 0 Å². The molecule has 1 aromatic heterocycles. The van der Waals surface area contributed by atoms with Gasteiger partial charge in [0.25, 0.3) is 0 Å². The average molecular weight is 222 g/mol. The van der Waals surface area contributed by atoms with E-state index in [1.807, 2.05) is 31.2 Å². The molecule has 15 heavy (non-hydrogen) atoms. The summed E-state index contributed by atoms with van der Waals surface area (Å²) in [6.45, 7) is 2.04. The first-order valence-corrected chi connectivity index (χ1v) is 5.30. The van der Waals surface area contributed by atoms with Crippen LogP contribution in [0, 0.1) is 0 Å². The highest BCUT2D eigenvalue weighted by Crippen LogP contribution is 2.11. The Morgan fingerprint density at radius 2 is 2.00 bits per heavy atom. The van der Waals surface area contributed by atoms with Crippen LogP contribution in [0.1, 0.15) is 24.1 Å². The Balaban J connectivity index is 2.11. The zero-order valence-corrected chi connectivity index (χ0v) is 9.25. The van der Waals surface area contributed by atoms with Gasteiger partial charge in [0.05, 0.1) is 0 Å². The molecule has 4 heteroatoms. The summed E-state index contributed by atoms with van der Waals surface area (Å²) in [7, 11) is 0. The molecule has 1 aromatic carbocycles. The summed E-state index contributed by atoms with van der Waals surface area (Å²) in [4.78, 5) is 4.35. The van der Waals surface area contributed by atoms with Gasteiger partial charge in [-0.05, 0) is 17.7 Å². The predicted molar refractivity (Wildman–Crippen MR) is 60.0 cm³/mol. The third-order valence-electron chi connectivity index (χ3n) is 2.18. The lowest BCUT2D eigenvalue weighted by molar-refractivity contribution is 0.942. The summed E-state index contributed by atoms with van der Waals surface area (Å²) >= 11 is 5.81. The molecule has 0 atom stereocenters. The first-order chi connectivity index (χ1) is 7.28. The molecule has 0 aliphatic heterocycles. The van der Waals surface area contributed by atoms with E-state index in [9.17, 15) is 0 Å². The van der Waals surface area contributed by atoms with Gasteiger partial charge >= 0.3 is 0 Å². The minimum Gasteiger partial charge on any atom is -0.263 e. The van der Waals surface area contributed by atoms with Crippen molar-refractivity contribution >= 4 is 11.6 Å². The molecule has 0 radical (unpaired) electrons. The van der Waals surface area contributed by atoms with Crippen LogP contribution >= 0.6 is 11.6 Å². The molecule has 1 N–H and O–H groups in total. The number of nitrogens with one attached hydrogen (secondary N) is 1. The summed E-state index contributed by atoms with van der Waals surface area (Å²) in [5, 5.41) is 7.77. The molecule has 2 rings (SSSR count). The third-order valence-corrected chi connectivity index (χ3v) is 2.43. The van der Waals surface area contributed by atoms with E-state index in [1.54, 1.807) is 0 Å². The second-order valence-electron chi connectivity index (χ2n) is 3.36. The lowest BCUT2D eigenvalue weighted by Crippen LogP contribution is -1.90. The number of benzene rings is 1. The van der Waals surface area contributed by atoms with Gasteiger partial charge in [-0.15, -0.1) is 0 Å². The van der Waals surface area contributed by atoms with Gasteiger partial charge in [-0.3, -0.25) is 5.10 Å². The predicted octanol–water partition coefficient (Wildman–Crippen LogP) is 2.61. The van der Waals surface area contributed by atoms with Crippen molar-refractivity contribution in [2.24, 2.45) is 0 Å². The lowest BCUT2D eigenvalue weighted by atomic mass is 10.1. The van der Waals surface area contributed by atoms with Gasteiger partial charge in [-0.1, -0.05) is 30.7 Å². The molecule has 0 unspecified atom stereocenters. The molecule has 78 valence electrons. The molecule has 0 aliphatic rings. The van der Waals surface area contributed by atoms with Crippen molar-refractivity contribution in [3.8, 4) is 0 Å². The Hall–Kier alpha value is -1.35. The van der Waals surface area contributed by atoms with Crippen LogP contribution in [0.15, 0.2) is 24.3 Å². The van der Waals surface area contributed by atoms with Gasteiger partial charge in [-0.2, -0.15) is 5.10 Å². The summed E-state index contributed by atoms with van der Waals surface area (Å²) in [6, 6.07) is 7.76. The average Bonchev–Trinajstić information content (AvgIpc) is 2.69. The smallest absolute Gasteiger partial charge is 0.150 e. The summed E-state index contributed by atoms with van der Waals surface area (Å²) in [5.74, 6) is 1.76. The Bertz CT molecular complexity index is 433. The third kappa shape index (κ3) is 2.57. The first kappa shape index (κ1) is 10.2. The molecular weight excluding hydrogens is 210 g/mol. The number of rotatable bonds is 3. The quantitative estimate of drug-likeness (QED) is 0.866. The second-order valence-corrected chi connectivity index (χ2v) is 3.79. The van der Waals surface area contributed by atoms with Crippen LogP contribution in [0.4, 0.5) is 0 Å². The number of hydrogen-bond donors (Lipinski definition) is 1. The maximum absolute atomic E-state index is 5.81. The Morgan fingerprint density at radius 3 is 2.60 bits per heavy atom. The zero-order chi connectivity index (χ0) is 10.7. The maximum Gasteiger partial charge on any atom is 0.150 e. The van der Waals surface area contributed by atoms with E-state index in [0.29, 0.717) is 0 Å². The molecule has 0 amide bonds. The van der Waals surface area contributed by atoms with E-state index in [2.05, 4.69) is 15.2 Å². The SMILES string of the molecule is CCc1n[nH]c(Cc2ccc(Cl)cc2)n1. The molecule has 1 heterocycles. The second kappa shape index (κ2) is 4.45. The zero-order valence-electron chi connectivity index (χ0n) is 8.50. The molecule has 3 nitrogen and oxygen atoms in total. The minimum atomic E-state index is 0.755. The van der Waals surface area contributed by atoms with Crippen molar-refractivity contribution < 1.29 is 0 Å². The fourth-order valence-corrected chi connectivity index (χ4v) is 1.49. The van der Waals surface area contributed by atoms with Crippen LogP contribution in [-0.2, 0) is 12.8 Å². The highest BCUT2D eigenvalue weighted by molar-refractivity contribution is 6.30. The van der Waals surface area contributed by atoms with Crippen LogP contribution in [0.3, 0.4) is 0 Å². The molecule has 0 saturated heterocycles. The van der Waals surface area contributed by atoms with Gasteiger partial charge in [0, 0.05) is 17.9 Å². The first-order valence-electron chi connectivity index (χ1n) is 4.92. The number of H-pyrrole nitrogens is 1. The normalized spacial score (nSPS) is 10.5. The van der Waals surface area contributed by atoms with E-state index in [-0.39, 0.29) is 0 Å². The lowest BCUT2D eigenvalue weighted by Gasteiger charge is -1.97. The standard InChI is InChI=1S/C11H12ClN3/c1-2-10-13-11(15-14-10)7-8-3-5-9(12)6-4-8/h3-6H,2,7H2,1H3,(H,13,14,15). The van der Waals surface area contributed by atoms with Gasteiger partial charge in [0.2, 0.25) is 0 Å². The summed E-state index contributed by atoms with van der Waals surface area (Å²) < 4.78 is 0. The topological polar surface area (TPSA) is 41.6 Å². The van der Waals surface area contributed by atoms with E-state index in [4.69, 9.17) is 11.6 Å². The van der Waals surface area contributed by atoms with Gasteiger partial charge in [-0.25, -0.2) is 4.98 Å². The van der Waals surface area contributed by atoms with E-state index in [0.717, 1.165) is 29.5 Å². The highest BCUT2D eigenvalue weighted by Gasteiger charge is 2.02.